The highest BCUT2D eigenvalue weighted by Crippen LogP contribution is 2.29. The van der Waals surface area contributed by atoms with Crippen molar-refractivity contribution in [2.45, 2.75) is 13.1 Å². The molecule has 0 spiro atoms. The van der Waals surface area contributed by atoms with E-state index in [0.717, 1.165) is 54.7 Å². The molecule has 238 valence electrons. The van der Waals surface area contributed by atoms with Crippen molar-refractivity contribution in [3.63, 3.8) is 0 Å². The summed E-state index contributed by atoms with van der Waals surface area (Å²) < 4.78 is 10.3. The first kappa shape index (κ1) is 30.2. The van der Waals surface area contributed by atoms with Crippen LogP contribution in [0.2, 0.25) is 0 Å². The average Bonchev–Trinajstić information content (AvgIpc) is 3.10. The summed E-state index contributed by atoms with van der Waals surface area (Å²) in [5.74, 6) is 0. The standard InChI is InChI=1S/C38H32N6O4/c1-47-37(45)43(31-13-9-27-15-25-7-11-29(39)17-33(25)41-35(27)19-31)21-23-3-5-24(6-4-23)22-44(38(46)48-2)32-14-10-28-16-26-8-12-30(40)18-34(26)42-36(28)20-32/h3-20H,21-22,39-40H2,1-2H3. The predicted molar refractivity (Wildman–Crippen MR) is 191 cm³/mol. The second-order valence-electron chi connectivity index (χ2n) is 11.6. The Balaban J connectivity index is 1.14. The number of fused-ring (bicyclic) bond motifs is 4. The molecule has 2 amide bonds. The molecular weight excluding hydrogens is 604 g/mol. The van der Waals surface area contributed by atoms with Crippen molar-refractivity contribution in [2.24, 2.45) is 0 Å². The highest BCUT2D eigenvalue weighted by atomic mass is 16.5. The lowest BCUT2D eigenvalue weighted by Crippen LogP contribution is -2.30. The van der Waals surface area contributed by atoms with Gasteiger partial charge in [0.25, 0.3) is 0 Å². The Morgan fingerprint density at radius 1 is 0.521 bits per heavy atom. The number of amides is 2. The summed E-state index contributed by atoms with van der Waals surface area (Å²) in [6.07, 6.45) is -0.999. The van der Waals surface area contributed by atoms with Gasteiger partial charge in [-0.05, 0) is 71.8 Å². The molecule has 0 fully saturated rings. The molecule has 0 aliphatic carbocycles. The molecule has 2 aromatic heterocycles. The number of hydrogen-bond acceptors (Lipinski definition) is 8. The summed E-state index contributed by atoms with van der Waals surface area (Å²) in [4.78, 5) is 38.6. The van der Waals surface area contributed by atoms with E-state index in [1.54, 1.807) is 9.80 Å². The maximum Gasteiger partial charge on any atom is 0.414 e. The number of pyridine rings is 2. The van der Waals surface area contributed by atoms with Crippen LogP contribution in [-0.2, 0) is 22.6 Å². The Morgan fingerprint density at radius 2 is 0.875 bits per heavy atom. The lowest BCUT2D eigenvalue weighted by atomic mass is 10.1. The first-order valence-corrected chi connectivity index (χ1v) is 15.3. The molecule has 2 heterocycles. The zero-order valence-corrected chi connectivity index (χ0v) is 26.4. The Kier molecular flexibility index (Phi) is 7.82. The van der Waals surface area contributed by atoms with Crippen LogP contribution in [0.25, 0.3) is 43.6 Å². The van der Waals surface area contributed by atoms with Gasteiger partial charge >= 0.3 is 12.2 Å². The monoisotopic (exact) mass is 636 g/mol. The molecule has 7 rings (SSSR count). The number of methoxy groups -OCH3 is 2. The number of hydrogen-bond donors (Lipinski definition) is 2. The van der Waals surface area contributed by atoms with Gasteiger partial charge < -0.3 is 20.9 Å². The maximum absolute atomic E-state index is 13.0. The normalized spacial score (nSPS) is 11.2. The summed E-state index contributed by atoms with van der Waals surface area (Å²) in [5.41, 5.74) is 19.3. The number of carbonyl (C=O) groups is 2. The van der Waals surface area contributed by atoms with Gasteiger partial charge in [-0.1, -0.05) is 48.5 Å². The van der Waals surface area contributed by atoms with Crippen LogP contribution in [0.5, 0.6) is 0 Å². The molecule has 10 nitrogen and oxygen atoms in total. The molecule has 0 radical (unpaired) electrons. The number of carbonyl (C=O) groups excluding carboxylic acids is 2. The average molecular weight is 637 g/mol. The lowest BCUT2D eigenvalue weighted by Gasteiger charge is -2.23. The van der Waals surface area contributed by atoms with Gasteiger partial charge in [-0.15, -0.1) is 0 Å². The van der Waals surface area contributed by atoms with Crippen LogP contribution in [0, 0.1) is 0 Å². The Labute approximate surface area is 276 Å². The van der Waals surface area contributed by atoms with Crippen LogP contribution in [0.15, 0.2) is 109 Å². The first-order chi connectivity index (χ1) is 23.3. The number of nitrogen functional groups attached to an aromatic ring is 2. The SMILES string of the molecule is COC(=O)N(Cc1ccc(CN(C(=O)OC)c2ccc3cc4ccc(N)cc4nc3c2)cc1)c1ccc2cc3ccc(N)cc3nc2c1. The minimum Gasteiger partial charge on any atom is -0.452 e. The summed E-state index contributed by atoms with van der Waals surface area (Å²) in [5, 5.41) is 3.86. The highest BCUT2D eigenvalue weighted by molar-refractivity contribution is 5.98. The van der Waals surface area contributed by atoms with Crippen LogP contribution in [-0.4, -0.2) is 36.4 Å². The molecule has 5 aromatic carbocycles. The summed E-state index contributed by atoms with van der Waals surface area (Å²) in [6.45, 7) is 0.517. The summed E-state index contributed by atoms with van der Waals surface area (Å²) in [6, 6.07) is 34.4. The fourth-order valence-electron chi connectivity index (χ4n) is 5.85. The van der Waals surface area contributed by atoms with Crippen molar-refractivity contribution in [1.82, 2.24) is 9.97 Å². The van der Waals surface area contributed by atoms with E-state index >= 15 is 0 Å². The largest absolute Gasteiger partial charge is 0.452 e. The number of ether oxygens (including phenoxy) is 2. The molecule has 0 unspecified atom stereocenters. The van der Waals surface area contributed by atoms with E-state index in [0.29, 0.717) is 22.7 Å². The predicted octanol–water partition coefficient (Wildman–Crippen LogP) is 7.80. The number of aromatic nitrogens is 2. The molecule has 0 atom stereocenters. The van der Waals surface area contributed by atoms with Gasteiger partial charge in [0.1, 0.15) is 0 Å². The third-order valence-electron chi connectivity index (χ3n) is 8.36. The molecule has 0 aliphatic rings. The zero-order chi connectivity index (χ0) is 33.4. The van der Waals surface area contributed by atoms with Crippen molar-refractivity contribution >= 4 is 78.5 Å². The molecule has 4 N–H and O–H groups in total. The highest BCUT2D eigenvalue weighted by Gasteiger charge is 2.20. The van der Waals surface area contributed by atoms with Crippen LogP contribution < -0.4 is 21.3 Å². The lowest BCUT2D eigenvalue weighted by molar-refractivity contribution is 0.177. The van der Waals surface area contributed by atoms with E-state index in [4.69, 9.17) is 30.9 Å². The molecular formula is C38H32N6O4. The van der Waals surface area contributed by atoms with E-state index in [1.807, 2.05) is 109 Å². The van der Waals surface area contributed by atoms with E-state index < -0.39 is 12.2 Å². The zero-order valence-electron chi connectivity index (χ0n) is 26.4. The van der Waals surface area contributed by atoms with Crippen molar-refractivity contribution in [1.29, 1.82) is 0 Å². The molecule has 0 saturated carbocycles. The van der Waals surface area contributed by atoms with Crippen molar-refractivity contribution < 1.29 is 19.1 Å². The number of nitrogens with zero attached hydrogens (tertiary/aromatic N) is 4. The number of benzene rings is 5. The fraction of sp³-hybridized carbons (Fsp3) is 0.105. The number of anilines is 4. The topological polar surface area (TPSA) is 137 Å². The van der Waals surface area contributed by atoms with Crippen LogP contribution >= 0.6 is 0 Å². The molecule has 48 heavy (non-hydrogen) atoms. The Morgan fingerprint density at radius 3 is 1.25 bits per heavy atom. The molecule has 0 saturated heterocycles. The second kappa shape index (κ2) is 12.4. The van der Waals surface area contributed by atoms with Crippen LogP contribution in [0.3, 0.4) is 0 Å². The quantitative estimate of drug-likeness (QED) is 0.139. The van der Waals surface area contributed by atoms with Crippen LogP contribution in [0.4, 0.5) is 32.3 Å². The molecule has 10 heteroatoms. The molecule has 0 bridgehead atoms. The third-order valence-corrected chi connectivity index (χ3v) is 8.36. The fourth-order valence-corrected chi connectivity index (χ4v) is 5.85. The maximum atomic E-state index is 13.0. The van der Waals surface area contributed by atoms with Gasteiger partial charge in [-0.25, -0.2) is 19.6 Å². The minimum atomic E-state index is -0.499. The van der Waals surface area contributed by atoms with E-state index in [2.05, 4.69) is 0 Å². The first-order valence-electron chi connectivity index (χ1n) is 15.3. The molecule has 7 aromatic rings. The third kappa shape index (κ3) is 5.94. The van der Waals surface area contributed by atoms with Gasteiger partial charge in [0.05, 0.1) is 49.4 Å². The Bertz CT molecular complexity index is 2190. The van der Waals surface area contributed by atoms with Crippen molar-refractivity contribution in [3.05, 3.63) is 120 Å². The number of rotatable bonds is 6. The van der Waals surface area contributed by atoms with Gasteiger partial charge in [-0.3, -0.25) is 9.80 Å². The van der Waals surface area contributed by atoms with Gasteiger partial charge in [0.15, 0.2) is 0 Å². The Hall–Kier alpha value is -6.42. The molecule has 0 aliphatic heterocycles. The van der Waals surface area contributed by atoms with Crippen molar-refractivity contribution in [2.75, 3.05) is 35.5 Å². The van der Waals surface area contributed by atoms with E-state index in [-0.39, 0.29) is 13.1 Å². The summed E-state index contributed by atoms with van der Waals surface area (Å²) in [7, 11) is 2.71. The van der Waals surface area contributed by atoms with E-state index in [9.17, 15) is 9.59 Å². The number of nitrogens with two attached hydrogens (primary N) is 2. The smallest absolute Gasteiger partial charge is 0.414 e. The second-order valence-corrected chi connectivity index (χ2v) is 11.6. The van der Waals surface area contributed by atoms with Crippen molar-refractivity contribution in [3.8, 4) is 0 Å². The van der Waals surface area contributed by atoms with Gasteiger partial charge in [0.2, 0.25) is 0 Å². The van der Waals surface area contributed by atoms with Crippen LogP contribution in [0.1, 0.15) is 11.1 Å². The van der Waals surface area contributed by atoms with Gasteiger partial charge in [0, 0.05) is 44.3 Å². The minimum absolute atomic E-state index is 0.258. The van der Waals surface area contributed by atoms with Gasteiger partial charge in [-0.2, -0.15) is 0 Å². The summed E-state index contributed by atoms with van der Waals surface area (Å²) >= 11 is 0. The van der Waals surface area contributed by atoms with E-state index in [1.165, 1.54) is 14.2 Å².